The third-order valence-electron chi connectivity index (χ3n) is 4.56. The largest absolute Gasteiger partial charge is 0.345 e. The molecule has 1 N–H and O–H groups in total. The molecule has 0 spiro atoms. The van der Waals surface area contributed by atoms with Crippen LogP contribution in [-0.4, -0.2) is 41.9 Å². The van der Waals surface area contributed by atoms with Crippen LogP contribution in [0.2, 0.25) is 0 Å². The van der Waals surface area contributed by atoms with Crippen molar-refractivity contribution >= 4 is 22.0 Å². The smallest absolute Gasteiger partial charge is 0.257 e. The van der Waals surface area contributed by atoms with E-state index in [0.29, 0.717) is 30.4 Å². The number of hydrogen-bond donors (Lipinski definition) is 1. The number of sulfonamides is 1. The molecule has 0 bridgehead atoms. The molecule has 3 aromatic rings. The Morgan fingerprint density at radius 2 is 1.74 bits per heavy atom. The minimum Gasteiger partial charge on any atom is -0.345 e. The number of nitrogens with zero attached hydrogens (tertiary/aromatic N) is 3. The second kappa shape index (κ2) is 10.1. The lowest BCUT2D eigenvalue weighted by Crippen LogP contribution is -2.30. The Morgan fingerprint density at radius 3 is 2.39 bits per heavy atom. The highest BCUT2D eigenvalue weighted by molar-refractivity contribution is 7.89. The van der Waals surface area contributed by atoms with Crippen molar-refractivity contribution in [1.29, 1.82) is 0 Å². The first kappa shape index (κ1) is 22.4. The number of rotatable bonds is 9. The van der Waals surface area contributed by atoms with Crippen LogP contribution in [0.3, 0.4) is 0 Å². The summed E-state index contributed by atoms with van der Waals surface area (Å²) in [5.74, 6) is 0.428. The average molecular weight is 441 g/mol. The van der Waals surface area contributed by atoms with Crippen LogP contribution in [0.1, 0.15) is 25.2 Å². The van der Waals surface area contributed by atoms with Crippen LogP contribution >= 0.6 is 0 Å². The summed E-state index contributed by atoms with van der Waals surface area (Å²) < 4.78 is 31.6. The van der Waals surface area contributed by atoms with Crippen LogP contribution in [-0.2, 0) is 21.4 Å². The topological polar surface area (TPSA) is 105 Å². The highest BCUT2D eigenvalue weighted by atomic mass is 32.2. The van der Waals surface area contributed by atoms with Gasteiger partial charge in [0.25, 0.3) is 5.89 Å². The molecule has 162 valence electrons. The zero-order chi connectivity index (χ0) is 22.3. The standard InChI is InChI=1S/C22H24N4O4S/c1-3-26(4-2)31(28,29)19-13-10-17(11-14-19)12-15-21(27)23-16-20-24-22(30-25-20)18-8-6-5-7-9-18/h5-15H,3-4,16H2,1-2H3,(H,23,27). The maximum Gasteiger partial charge on any atom is 0.257 e. The minimum absolute atomic E-state index is 0.126. The summed E-state index contributed by atoms with van der Waals surface area (Å²) in [4.78, 5) is 16.6. The molecule has 0 saturated heterocycles. The first-order valence-electron chi connectivity index (χ1n) is 9.88. The van der Waals surface area contributed by atoms with Gasteiger partial charge in [0.05, 0.1) is 11.4 Å². The van der Waals surface area contributed by atoms with Gasteiger partial charge in [0, 0.05) is 24.7 Å². The first-order valence-corrected chi connectivity index (χ1v) is 11.3. The van der Waals surface area contributed by atoms with E-state index in [-0.39, 0.29) is 17.3 Å². The van der Waals surface area contributed by atoms with Gasteiger partial charge in [-0.25, -0.2) is 8.42 Å². The summed E-state index contributed by atoms with van der Waals surface area (Å²) in [5.41, 5.74) is 1.51. The van der Waals surface area contributed by atoms with Gasteiger partial charge < -0.3 is 9.84 Å². The van der Waals surface area contributed by atoms with Gasteiger partial charge in [0.15, 0.2) is 5.82 Å². The molecule has 0 atom stereocenters. The summed E-state index contributed by atoms with van der Waals surface area (Å²) in [7, 11) is -3.50. The lowest BCUT2D eigenvalue weighted by Gasteiger charge is -2.18. The lowest BCUT2D eigenvalue weighted by atomic mass is 10.2. The monoisotopic (exact) mass is 440 g/mol. The van der Waals surface area contributed by atoms with Gasteiger partial charge in [0.2, 0.25) is 15.9 Å². The Morgan fingerprint density at radius 1 is 1.06 bits per heavy atom. The fourth-order valence-corrected chi connectivity index (χ4v) is 4.34. The van der Waals surface area contributed by atoms with E-state index in [0.717, 1.165) is 5.56 Å². The third-order valence-corrected chi connectivity index (χ3v) is 6.62. The zero-order valence-electron chi connectivity index (χ0n) is 17.4. The summed E-state index contributed by atoms with van der Waals surface area (Å²) in [6.07, 6.45) is 2.97. The Bertz CT molecular complexity index is 1140. The van der Waals surface area contributed by atoms with E-state index in [9.17, 15) is 13.2 Å². The second-order valence-electron chi connectivity index (χ2n) is 6.59. The second-order valence-corrected chi connectivity index (χ2v) is 8.53. The minimum atomic E-state index is -3.50. The fourth-order valence-electron chi connectivity index (χ4n) is 2.88. The average Bonchev–Trinajstić information content (AvgIpc) is 3.27. The molecule has 1 amide bonds. The molecule has 0 aliphatic heterocycles. The Kier molecular flexibility index (Phi) is 7.32. The van der Waals surface area contributed by atoms with Crippen molar-refractivity contribution in [3.63, 3.8) is 0 Å². The van der Waals surface area contributed by atoms with E-state index in [1.165, 1.54) is 22.5 Å². The molecule has 0 saturated carbocycles. The van der Waals surface area contributed by atoms with Crippen LogP contribution in [0.15, 0.2) is 70.1 Å². The Labute approximate surface area is 181 Å². The third kappa shape index (κ3) is 5.65. The molecule has 8 nitrogen and oxygen atoms in total. The predicted molar refractivity (Wildman–Crippen MR) is 117 cm³/mol. The molecule has 0 fully saturated rings. The first-order chi connectivity index (χ1) is 14.9. The van der Waals surface area contributed by atoms with Gasteiger partial charge in [-0.3, -0.25) is 4.79 Å². The molecule has 0 radical (unpaired) electrons. The summed E-state index contributed by atoms with van der Waals surface area (Å²) in [6.45, 7) is 4.55. The number of benzene rings is 2. The van der Waals surface area contributed by atoms with Crippen LogP contribution in [0.4, 0.5) is 0 Å². The summed E-state index contributed by atoms with van der Waals surface area (Å²) >= 11 is 0. The van der Waals surface area contributed by atoms with E-state index < -0.39 is 10.0 Å². The van der Waals surface area contributed by atoms with Gasteiger partial charge >= 0.3 is 0 Å². The highest BCUT2D eigenvalue weighted by Crippen LogP contribution is 2.17. The van der Waals surface area contributed by atoms with Crippen molar-refractivity contribution in [3.8, 4) is 11.5 Å². The van der Waals surface area contributed by atoms with Crippen molar-refractivity contribution < 1.29 is 17.7 Å². The van der Waals surface area contributed by atoms with E-state index in [1.54, 1.807) is 32.1 Å². The van der Waals surface area contributed by atoms with Gasteiger partial charge in [-0.05, 0) is 35.9 Å². The number of aromatic nitrogens is 2. The molecular weight excluding hydrogens is 416 g/mol. The molecule has 1 aromatic heterocycles. The SMILES string of the molecule is CCN(CC)S(=O)(=O)c1ccc(C=CC(=O)NCc2noc(-c3ccccc3)n2)cc1. The molecule has 3 rings (SSSR count). The summed E-state index contributed by atoms with van der Waals surface area (Å²) in [6, 6.07) is 15.7. The number of amides is 1. The molecule has 9 heteroatoms. The fraction of sp³-hybridized carbons (Fsp3) is 0.227. The normalized spacial score (nSPS) is 11.8. The van der Waals surface area contributed by atoms with Crippen molar-refractivity contribution in [2.45, 2.75) is 25.3 Å². The zero-order valence-corrected chi connectivity index (χ0v) is 18.2. The lowest BCUT2D eigenvalue weighted by molar-refractivity contribution is -0.116. The van der Waals surface area contributed by atoms with E-state index >= 15 is 0 Å². The van der Waals surface area contributed by atoms with Crippen molar-refractivity contribution in [1.82, 2.24) is 19.8 Å². The van der Waals surface area contributed by atoms with Gasteiger partial charge in [-0.2, -0.15) is 9.29 Å². The van der Waals surface area contributed by atoms with Crippen LogP contribution in [0, 0.1) is 0 Å². The molecule has 31 heavy (non-hydrogen) atoms. The molecule has 0 aliphatic rings. The van der Waals surface area contributed by atoms with E-state index in [1.807, 2.05) is 30.3 Å². The van der Waals surface area contributed by atoms with Gasteiger partial charge in [0.1, 0.15) is 0 Å². The van der Waals surface area contributed by atoms with Crippen molar-refractivity contribution in [2.75, 3.05) is 13.1 Å². The number of nitrogens with one attached hydrogen (secondary N) is 1. The van der Waals surface area contributed by atoms with E-state index in [4.69, 9.17) is 4.52 Å². The molecular formula is C22H24N4O4S. The number of carbonyl (C=O) groups excluding carboxylic acids is 1. The number of carbonyl (C=O) groups is 1. The van der Waals surface area contributed by atoms with E-state index in [2.05, 4.69) is 15.5 Å². The van der Waals surface area contributed by atoms with Crippen LogP contribution in [0.5, 0.6) is 0 Å². The molecule has 0 aliphatic carbocycles. The van der Waals surface area contributed by atoms with Crippen LogP contribution < -0.4 is 5.32 Å². The predicted octanol–water partition coefficient (Wildman–Crippen LogP) is 3.10. The Hall–Kier alpha value is -3.30. The molecule has 0 unspecified atom stereocenters. The maximum atomic E-state index is 12.5. The summed E-state index contributed by atoms with van der Waals surface area (Å²) in [5, 5.41) is 6.54. The maximum absolute atomic E-state index is 12.5. The van der Waals surface area contributed by atoms with Crippen molar-refractivity contribution in [2.24, 2.45) is 0 Å². The molecule has 1 heterocycles. The molecule has 2 aromatic carbocycles. The quantitative estimate of drug-likeness (QED) is 0.513. The van der Waals surface area contributed by atoms with Crippen molar-refractivity contribution in [3.05, 3.63) is 72.1 Å². The van der Waals surface area contributed by atoms with Gasteiger partial charge in [-0.1, -0.05) is 49.3 Å². The highest BCUT2D eigenvalue weighted by Gasteiger charge is 2.20. The Balaban J connectivity index is 1.56. The van der Waals surface area contributed by atoms with Gasteiger partial charge in [-0.15, -0.1) is 0 Å². The van der Waals surface area contributed by atoms with Crippen LogP contribution in [0.25, 0.3) is 17.5 Å². The number of hydrogen-bond acceptors (Lipinski definition) is 6.